The lowest BCUT2D eigenvalue weighted by molar-refractivity contribution is 0.134. The lowest BCUT2D eigenvalue weighted by Gasteiger charge is -2.10. The van der Waals surface area contributed by atoms with Gasteiger partial charge in [-0.1, -0.05) is 18.2 Å². The fourth-order valence-electron chi connectivity index (χ4n) is 1.90. The van der Waals surface area contributed by atoms with Crippen LogP contribution in [0.4, 0.5) is 0 Å². The smallest absolute Gasteiger partial charge is 0.0799 e. The van der Waals surface area contributed by atoms with Gasteiger partial charge in [-0.25, -0.2) is 0 Å². The number of fused-ring (bicyclic) bond motifs is 1. The molecular weight excluding hydrogens is 200 g/mol. The topological polar surface area (TPSA) is 29.5 Å². The Bertz CT molecular complexity index is 426. The van der Waals surface area contributed by atoms with Crippen LogP contribution < -0.4 is 0 Å². The SMILES string of the molecule is CC#CCCC(O)c1ccc2c(c1)COC2. The van der Waals surface area contributed by atoms with Gasteiger partial charge in [0, 0.05) is 6.42 Å². The number of aliphatic hydroxyl groups is 1. The zero-order valence-corrected chi connectivity index (χ0v) is 9.49. The van der Waals surface area contributed by atoms with Crippen molar-refractivity contribution in [3.8, 4) is 11.8 Å². The first-order valence-corrected chi connectivity index (χ1v) is 5.58. The third kappa shape index (κ3) is 2.44. The van der Waals surface area contributed by atoms with Gasteiger partial charge in [-0.05, 0) is 30.0 Å². The summed E-state index contributed by atoms with van der Waals surface area (Å²) in [6.45, 7) is 3.19. The molecule has 2 rings (SSSR count). The maximum atomic E-state index is 9.97. The summed E-state index contributed by atoms with van der Waals surface area (Å²) >= 11 is 0. The molecule has 2 heteroatoms. The molecule has 0 saturated heterocycles. The largest absolute Gasteiger partial charge is 0.388 e. The van der Waals surface area contributed by atoms with Gasteiger partial charge in [0.05, 0.1) is 19.3 Å². The number of aliphatic hydroxyl groups excluding tert-OH is 1. The van der Waals surface area contributed by atoms with E-state index in [9.17, 15) is 5.11 Å². The molecule has 1 aromatic carbocycles. The van der Waals surface area contributed by atoms with Crippen LogP contribution in [0.1, 0.15) is 42.6 Å². The van der Waals surface area contributed by atoms with E-state index in [1.807, 2.05) is 25.1 Å². The molecule has 1 atom stereocenters. The summed E-state index contributed by atoms with van der Waals surface area (Å²) in [6.07, 6.45) is 1.03. The van der Waals surface area contributed by atoms with Crippen LogP contribution in [0, 0.1) is 11.8 Å². The summed E-state index contributed by atoms with van der Waals surface area (Å²) in [5.41, 5.74) is 3.42. The van der Waals surface area contributed by atoms with Crippen molar-refractivity contribution in [1.82, 2.24) is 0 Å². The highest BCUT2D eigenvalue weighted by Crippen LogP contribution is 2.25. The van der Waals surface area contributed by atoms with Gasteiger partial charge in [0.25, 0.3) is 0 Å². The zero-order valence-electron chi connectivity index (χ0n) is 9.49. The molecule has 84 valence electrons. The van der Waals surface area contributed by atoms with Crippen molar-refractivity contribution in [3.63, 3.8) is 0 Å². The monoisotopic (exact) mass is 216 g/mol. The molecule has 16 heavy (non-hydrogen) atoms. The Balaban J connectivity index is 2.05. The van der Waals surface area contributed by atoms with Gasteiger partial charge in [0.2, 0.25) is 0 Å². The van der Waals surface area contributed by atoms with Gasteiger partial charge in [-0.3, -0.25) is 0 Å². The van der Waals surface area contributed by atoms with Crippen LogP contribution in [0.5, 0.6) is 0 Å². The predicted molar refractivity (Wildman–Crippen MR) is 62.6 cm³/mol. The first kappa shape index (κ1) is 11.2. The van der Waals surface area contributed by atoms with E-state index in [2.05, 4.69) is 11.8 Å². The molecule has 1 heterocycles. The molecule has 1 aliphatic heterocycles. The van der Waals surface area contributed by atoms with Gasteiger partial charge in [-0.15, -0.1) is 11.8 Å². The second-order valence-corrected chi connectivity index (χ2v) is 4.00. The van der Waals surface area contributed by atoms with Crippen molar-refractivity contribution in [2.24, 2.45) is 0 Å². The lowest BCUT2D eigenvalue weighted by Crippen LogP contribution is -1.98. The summed E-state index contributed by atoms with van der Waals surface area (Å²) in [4.78, 5) is 0. The number of hydrogen-bond donors (Lipinski definition) is 1. The Morgan fingerprint density at radius 2 is 2.19 bits per heavy atom. The predicted octanol–water partition coefficient (Wildman–Crippen LogP) is 2.55. The van der Waals surface area contributed by atoms with Crippen LogP contribution in [0.3, 0.4) is 0 Å². The summed E-state index contributed by atoms with van der Waals surface area (Å²) in [6, 6.07) is 6.08. The third-order valence-electron chi connectivity index (χ3n) is 2.85. The molecule has 1 N–H and O–H groups in total. The Kier molecular flexibility index (Phi) is 3.61. The van der Waals surface area contributed by atoms with Crippen LogP contribution in [-0.4, -0.2) is 5.11 Å². The Morgan fingerprint density at radius 1 is 1.38 bits per heavy atom. The number of ether oxygens (including phenoxy) is 1. The first-order chi connectivity index (χ1) is 7.81. The van der Waals surface area contributed by atoms with E-state index in [0.717, 1.165) is 12.0 Å². The fraction of sp³-hybridized carbons (Fsp3) is 0.429. The van der Waals surface area contributed by atoms with E-state index in [1.165, 1.54) is 11.1 Å². The van der Waals surface area contributed by atoms with Crippen LogP contribution in [0.2, 0.25) is 0 Å². The van der Waals surface area contributed by atoms with Crippen molar-refractivity contribution in [3.05, 3.63) is 34.9 Å². The van der Waals surface area contributed by atoms with E-state index in [4.69, 9.17) is 4.74 Å². The maximum absolute atomic E-state index is 9.97. The minimum Gasteiger partial charge on any atom is -0.388 e. The molecule has 0 aliphatic carbocycles. The lowest BCUT2D eigenvalue weighted by atomic mass is 10.0. The van der Waals surface area contributed by atoms with Crippen LogP contribution >= 0.6 is 0 Å². The summed E-state index contributed by atoms with van der Waals surface area (Å²) in [7, 11) is 0. The number of rotatable bonds is 3. The van der Waals surface area contributed by atoms with Crippen molar-refractivity contribution in [2.45, 2.75) is 39.1 Å². The quantitative estimate of drug-likeness (QED) is 0.787. The Hall–Kier alpha value is -1.30. The Labute approximate surface area is 96.3 Å². The van der Waals surface area contributed by atoms with Gasteiger partial charge >= 0.3 is 0 Å². The third-order valence-corrected chi connectivity index (χ3v) is 2.85. The molecule has 0 fully saturated rings. The second-order valence-electron chi connectivity index (χ2n) is 4.00. The highest BCUT2D eigenvalue weighted by Gasteiger charge is 2.14. The molecule has 0 saturated carbocycles. The standard InChI is InChI=1S/C14H16O2/c1-2-3-4-5-14(15)11-6-7-12-9-16-10-13(12)8-11/h6-8,14-15H,4-5,9-10H2,1H3. The Morgan fingerprint density at radius 3 is 3.00 bits per heavy atom. The van der Waals surface area contributed by atoms with E-state index in [0.29, 0.717) is 19.6 Å². The fourth-order valence-corrected chi connectivity index (χ4v) is 1.90. The number of benzene rings is 1. The van der Waals surface area contributed by atoms with Crippen molar-refractivity contribution < 1.29 is 9.84 Å². The average molecular weight is 216 g/mol. The first-order valence-electron chi connectivity index (χ1n) is 5.58. The minimum atomic E-state index is -0.410. The average Bonchev–Trinajstić information content (AvgIpc) is 2.76. The van der Waals surface area contributed by atoms with E-state index in [1.54, 1.807) is 0 Å². The van der Waals surface area contributed by atoms with Crippen LogP contribution in [0.25, 0.3) is 0 Å². The maximum Gasteiger partial charge on any atom is 0.0799 e. The molecule has 0 bridgehead atoms. The molecule has 1 aliphatic rings. The summed E-state index contributed by atoms with van der Waals surface area (Å²) in [5.74, 6) is 5.80. The second kappa shape index (κ2) is 5.16. The summed E-state index contributed by atoms with van der Waals surface area (Å²) in [5, 5.41) is 9.97. The van der Waals surface area contributed by atoms with Gasteiger partial charge in [0.1, 0.15) is 0 Å². The molecule has 0 radical (unpaired) electrons. The molecule has 1 aromatic rings. The molecule has 0 aromatic heterocycles. The van der Waals surface area contributed by atoms with Crippen LogP contribution in [-0.2, 0) is 18.0 Å². The molecular formula is C14H16O2. The van der Waals surface area contributed by atoms with Crippen LogP contribution in [0.15, 0.2) is 18.2 Å². The van der Waals surface area contributed by atoms with Gasteiger partial charge < -0.3 is 9.84 Å². The van der Waals surface area contributed by atoms with Crippen molar-refractivity contribution in [1.29, 1.82) is 0 Å². The number of hydrogen-bond acceptors (Lipinski definition) is 2. The zero-order chi connectivity index (χ0) is 11.4. The van der Waals surface area contributed by atoms with Gasteiger partial charge in [0.15, 0.2) is 0 Å². The molecule has 2 nitrogen and oxygen atoms in total. The van der Waals surface area contributed by atoms with Crippen molar-refractivity contribution in [2.75, 3.05) is 0 Å². The molecule has 0 spiro atoms. The molecule has 0 amide bonds. The highest BCUT2D eigenvalue weighted by atomic mass is 16.5. The molecule has 1 unspecified atom stereocenters. The van der Waals surface area contributed by atoms with E-state index < -0.39 is 6.10 Å². The van der Waals surface area contributed by atoms with Gasteiger partial charge in [-0.2, -0.15) is 0 Å². The van der Waals surface area contributed by atoms with Crippen molar-refractivity contribution >= 4 is 0 Å². The van der Waals surface area contributed by atoms with E-state index in [-0.39, 0.29) is 0 Å². The normalized spacial score (nSPS) is 15.1. The highest BCUT2D eigenvalue weighted by molar-refractivity contribution is 5.34. The minimum absolute atomic E-state index is 0.410. The summed E-state index contributed by atoms with van der Waals surface area (Å²) < 4.78 is 5.34. The van der Waals surface area contributed by atoms with E-state index >= 15 is 0 Å².